The van der Waals surface area contributed by atoms with Gasteiger partial charge in [0.25, 0.3) is 5.91 Å². The van der Waals surface area contributed by atoms with Crippen molar-refractivity contribution in [3.63, 3.8) is 0 Å². The number of likely N-dealkylation sites (N-methyl/N-ethyl adjacent to an activating group) is 1. The van der Waals surface area contributed by atoms with Crippen LogP contribution in [0.1, 0.15) is 35.3 Å². The van der Waals surface area contributed by atoms with Gasteiger partial charge in [-0.3, -0.25) is 14.4 Å². The summed E-state index contributed by atoms with van der Waals surface area (Å²) >= 11 is 0. The van der Waals surface area contributed by atoms with E-state index in [1.54, 1.807) is 25.2 Å². The molecule has 3 amide bonds. The molecule has 0 radical (unpaired) electrons. The Balaban J connectivity index is 2.00. The Morgan fingerprint density at radius 1 is 0.966 bits per heavy atom. The van der Waals surface area contributed by atoms with Gasteiger partial charge in [-0.15, -0.1) is 0 Å². The lowest BCUT2D eigenvalue weighted by atomic mass is 10.0. The quantitative estimate of drug-likeness (QED) is 0.756. The van der Waals surface area contributed by atoms with Crippen LogP contribution < -0.4 is 10.6 Å². The van der Waals surface area contributed by atoms with Crippen molar-refractivity contribution in [3.05, 3.63) is 65.2 Å². The summed E-state index contributed by atoms with van der Waals surface area (Å²) < 4.78 is 0. The molecule has 154 valence electrons. The molecule has 0 aliphatic carbocycles. The fraction of sp³-hybridized carbons (Fsp3) is 0.348. The molecule has 6 heteroatoms. The molecule has 0 spiro atoms. The molecule has 0 aliphatic heterocycles. The van der Waals surface area contributed by atoms with Gasteiger partial charge in [0.1, 0.15) is 6.04 Å². The third-order valence-corrected chi connectivity index (χ3v) is 4.59. The second kappa shape index (κ2) is 9.87. The zero-order chi connectivity index (χ0) is 21.6. The average molecular weight is 396 g/mol. The molecule has 2 rings (SSSR count). The number of rotatable bonds is 7. The van der Waals surface area contributed by atoms with Crippen molar-refractivity contribution in [1.82, 2.24) is 10.2 Å². The minimum Gasteiger partial charge on any atom is -0.340 e. The van der Waals surface area contributed by atoms with Gasteiger partial charge in [0.05, 0.1) is 6.54 Å². The number of benzene rings is 2. The van der Waals surface area contributed by atoms with E-state index in [1.807, 2.05) is 58.0 Å². The van der Waals surface area contributed by atoms with E-state index < -0.39 is 6.04 Å². The highest BCUT2D eigenvalue weighted by Gasteiger charge is 2.28. The predicted molar refractivity (Wildman–Crippen MR) is 115 cm³/mol. The number of amides is 3. The molecule has 1 unspecified atom stereocenters. The van der Waals surface area contributed by atoms with E-state index in [2.05, 4.69) is 10.6 Å². The zero-order valence-electron chi connectivity index (χ0n) is 17.7. The second-order valence-electron chi connectivity index (χ2n) is 7.67. The lowest BCUT2D eigenvalue weighted by molar-refractivity contribution is -0.135. The van der Waals surface area contributed by atoms with Gasteiger partial charge in [0.15, 0.2) is 0 Å². The first-order chi connectivity index (χ1) is 13.7. The minimum atomic E-state index is -0.722. The maximum atomic E-state index is 12.9. The fourth-order valence-corrected chi connectivity index (χ4v) is 2.89. The van der Waals surface area contributed by atoms with Crippen molar-refractivity contribution < 1.29 is 14.4 Å². The van der Waals surface area contributed by atoms with Crippen LogP contribution in [-0.4, -0.2) is 42.3 Å². The SMILES string of the molecule is Cc1ccc(NC(=O)CN(C)C(=O)C(NC(=O)c2cccc(C)c2)C(C)C)cc1. The van der Waals surface area contributed by atoms with Crippen LogP contribution in [0.25, 0.3) is 0 Å². The Kier molecular flexibility index (Phi) is 7.53. The van der Waals surface area contributed by atoms with Crippen molar-refractivity contribution in [2.75, 3.05) is 18.9 Å². The minimum absolute atomic E-state index is 0.101. The van der Waals surface area contributed by atoms with Crippen molar-refractivity contribution in [1.29, 1.82) is 0 Å². The van der Waals surface area contributed by atoms with Gasteiger partial charge in [0.2, 0.25) is 11.8 Å². The monoisotopic (exact) mass is 395 g/mol. The predicted octanol–water partition coefficient (Wildman–Crippen LogP) is 3.15. The number of anilines is 1. The van der Waals surface area contributed by atoms with Crippen LogP contribution in [0.15, 0.2) is 48.5 Å². The molecule has 0 saturated heterocycles. The topological polar surface area (TPSA) is 78.5 Å². The van der Waals surface area contributed by atoms with E-state index in [4.69, 9.17) is 0 Å². The molecular weight excluding hydrogens is 366 g/mol. The molecule has 0 saturated carbocycles. The Morgan fingerprint density at radius 2 is 1.62 bits per heavy atom. The molecule has 0 fully saturated rings. The number of carbonyl (C=O) groups is 3. The van der Waals surface area contributed by atoms with Crippen LogP contribution in [0, 0.1) is 19.8 Å². The number of hydrogen-bond acceptors (Lipinski definition) is 3. The smallest absolute Gasteiger partial charge is 0.251 e. The van der Waals surface area contributed by atoms with Crippen LogP contribution in [0.3, 0.4) is 0 Å². The molecule has 0 bridgehead atoms. The highest BCUT2D eigenvalue weighted by atomic mass is 16.2. The number of aryl methyl sites for hydroxylation is 2. The van der Waals surface area contributed by atoms with Gasteiger partial charge < -0.3 is 15.5 Å². The molecule has 0 aromatic heterocycles. The van der Waals surface area contributed by atoms with E-state index in [1.165, 1.54) is 4.90 Å². The lowest BCUT2D eigenvalue weighted by Crippen LogP contribution is -2.51. The molecular formula is C23H29N3O3. The van der Waals surface area contributed by atoms with Crippen molar-refractivity contribution in [2.24, 2.45) is 5.92 Å². The average Bonchev–Trinajstić information content (AvgIpc) is 2.66. The summed E-state index contributed by atoms with van der Waals surface area (Å²) in [5.74, 6) is -1.03. The Hall–Kier alpha value is -3.15. The number of nitrogens with one attached hydrogen (secondary N) is 2. The van der Waals surface area contributed by atoms with Crippen molar-refractivity contribution >= 4 is 23.4 Å². The summed E-state index contributed by atoms with van der Waals surface area (Å²) in [6.45, 7) is 7.49. The van der Waals surface area contributed by atoms with Gasteiger partial charge in [-0.1, -0.05) is 49.2 Å². The fourth-order valence-electron chi connectivity index (χ4n) is 2.89. The van der Waals surface area contributed by atoms with E-state index in [0.29, 0.717) is 11.3 Å². The molecule has 6 nitrogen and oxygen atoms in total. The normalized spacial score (nSPS) is 11.7. The summed E-state index contributed by atoms with van der Waals surface area (Å²) in [5, 5.41) is 5.58. The van der Waals surface area contributed by atoms with Gasteiger partial charge in [-0.25, -0.2) is 0 Å². The molecule has 2 N–H and O–H groups in total. The second-order valence-corrected chi connectivity index (χ2v) is 7.67. The molecule has 2 aromatic carbocycles. The first-order valence-corrected chi connectivity index (χ1v) is 9.66. The first-order valence-electron chi connectivity index (χ1n) is 9.66. The lowest BCUT2D eigenvalue weighted by Gasteiger charge is -2.27. The van der Waals surface area contributed by atoms with Crippen LogP contribution in [0.4, 0.5) is 5.69 Å². The standard InChI is InChI=1S/C23H29N3O3/c1-15(2)21(25-22(28)18-8-6-7-17(4)13-18)23(29)26(5)14-20(27)24-19-11-9-16(3)10-12-19/h6-13,15,21H,14H2,1-5H3,(H,24,27)(H,25,28). The Bertz CT molecular complexity index is 875. The van der Waals surface area contributed by atoms with Gasteiger partial charge in [0, 0.05) is 18.3 Å². The van der Waals surface area contributed by atoms with Crippen LogP contribution in [-0.2, 0) is 9.59 Å². The van der Waals surface area contributed by atoms with Crippen molar-refractivity contribution in [2.45, 2.75) is 33.7 Å². The van der Waals surface area contributed by atoms with Gasteiger partial charge in [-0.2, -0.15) is 0 Å². The van der Waals surface area contributed by atoms with E-state index in [-0.39, 0.29) is 30.2 Å². The highest BCUT2D eigenvalue weighted by Crippen LogP contribution is 2.11. The third-order valence-electron chi connectivity index (χ3n) is 4.59. The number of nitrogens with zero attached hydrogens (tertiary/aromatic N) is 1. The first kappa shape index (κ1) is 22.1. The van der Waals surface area contributed by atoms with E-state index in [0.717, 1.165) is 11.1 Å². The molecule has 29 heavy (non-hydrogen) atoms. The summed E-state index contributed by atoms with van der Waals surface area (Å²) in [6.07, 6.45) is 0. The zero-order valence-corrected chi connectivity index (χ0v) is 17.7. The van der Waals surface area contributed by atoms with Crippen LogP contribution in [0.2, 0.25) is 0 Å². The molecule has 0 heterocycles. The molecule has 1 atom stereocenters. The summed E-state index contributed by atoms with van der Waals surface area (Å²) in [6, 6.07) is 13.9. The highest BCUT2D eigenvalue weighted by molar-refractivity contribution is 5.99. The number of hydrogen-bond donors (Lipinski definition) is 2. The van der Waals surface area contributed by atoms with Gasteiger partial charge in [-0.05, 0) is 44.0 Å². The van der Waals surface area contributed by atoms with Crippen LogP contribution >= 0.6 is 0 Å². The largest absolute Gasteiger partial charge is 0.340 e. The molecule has 0 aliphatic rings. The van der Waals surface area contributed by atoms with E-state index in [9.17, 15) is 14.4 Å². The maximum absolute atomic E-state index is 12.9. The van der Waals surface area contributed by atoms with E-state index >= 15 is 0 Å². The number of carbonyl (C=O) groups excluding carboxylic acids is 3. The maximum Gasteiger partial charge on any atom is 0.251 e. The Morgan fingerprint density at radius 3 is 2.21 bits per heavy atom. The Labute approximate surface area is 172 Å². The summed E-state index contributed by atoms with van der Waals surface area (Å²) in [5.41, 5.74) is 3.24. The van der Waals surface area contributed by atoms with Crippen LogP contribution in [0.5, 0.6) is 0 Å². The van der Waals surface area contributed by atoms with Gasteiger partial charge >= 0.3 is 0 Å². The van der Waals surface area contributed by atoms with Crippen molar-refractivity contribution in [3.8, 4) is 0 Å². The molecule has 2 aromatic rings. The summed E-state index contributed by atoms with van der Waals surface area (Å²) in [4.78, 5) is 39.1. The third kappa shape index (κ3) is 6.45. The summed E-state index contributed by atoms with van der Waals surface area (Å²) in [7, 11) is 1.56.